The van der Waals surface area contributed by atoms with Gasteiger partial charge in [0.15, 0.2) is 0 Å². The molecule has 2 heterocycles. The number of morpholine rings is 1. The zero-order chi connectivity index (χ0) is 16.8. The summed E-state index contributed by atoms with van der Waals surface area (Å²) in [4.78, 5) is 41.1. The van der Waals surface area contributed by atoms with Crippen LogP contribution in [0.2, 0.25) is 0 Å². The van der Waals surface area contributed by atoms with Gasteiger partial charge in [0, 0.05) is 39.3 Å². The maximum atomic E-state index is 12.3. The Hall–Kier alpha value is -1.67. The van der Waals surface area contributed by atoms with Gasteiger partial charge in [0.1, 0.15) is 6.61 Å². The average Bonchev–Trinajstić information content (AvgIpc) is 2.59. The van der Waals surface area contributed by atoms with E-state index in [1.54, 1.807) is 4.90 Å². The van der Waals surface area contributed by atoms with Crippen molar-refractivity contribution in [2.24, 2.45) is 0 Å². The van der Waals surface area contributed by atoms with Crippen LogP contribution < -0.4 is 0 Å². The van der Waals surface area contributed by atoms with E-state index in [9.17, 15) is 14.4 Å². The number of ether oxygens (including phenoxy) is 2. The molecule has 8 nitrogen and oxygen atoms in total. The third-order valence-electron chi connectivity index (χ3n) is 3.94. The van der Waals surface area contributed by atoms with Gasteiger partial charge in [0.2, 0.25) is 5.91 Å². The first kappa shape index (κ1) is 17.7. The van der Waals surface area contributed by atoms with Crippen LogP contribution in [0.15, 0.2) is 0 Å². The summed E-state index contributed by atoms with van der Waals surface area (Å²) in [6.07, 6.45) is 0.00737. The molecule has 2 rings (SSSR count). The third-order valence-corrected chi connectivity index (χ3v) is 3.94. The maximum absolute atomic E-state index is 12.3. The van der Waals surface area contributed by atoms with Crippen LogP contribution in [0.25, 0.3) is 0 Å². The summed E-state index contributed by atoms with van der Waals surface area (Å²) < 4.78 is 10.5. The lowest BCUT2D eigenvalue weighted by Gasteiger charge is -2.35. The molecule has 2 aliphatic heterocycles. The van der Waals surface area contributed by atoms with E-state index in [0.29, 0.717) is 52.5 Å². The van der Waals surface area contributed by atoms with Crippen molar-refractivity contribution in [2.45, 2.75) is 20.0 Å². The molecule has 0 N–H and O–H groups in total. The molecule has 3 amide bonds. The zero-order valence-corrected chi connectivity index (χ0v) is 13.8. The molecule has 0 aromatic carbocycles. The van der Waals surface area contributed by atoms with Crippen molar-refractivity contribution < 1.29 is 23.9 Å². The predicted octanol–water partition coefficient (Wildman–Crippen LogP) is -1.06. The van der Waals surface area contributed by atoms with Crippen molar-refractivity contribution in [2.75, 3.05) is 59.1 Å². The number of carbonyl (C=O) groups excluding carboxylic acids is 3. The Bertz CT molecular complexity index is 440. The average molecular weight is 327 g/mol. The smallest absolute Gasteiger partial charge is 0.312 e. The molecular formula is C15H25N3O5. The van der Waals surface area contributed by atoms with E-state index in [1.807, 2.05) is 13.8 Å². The van der Waals surface area contributed by atoms with E-state index in [4.69, 9.17) is 9.47 Å². The number of amides is 3. The molecule has 0 saturated carbocycles. The molecular weight excluding hydrogens is 302 g/mol. The Morgan fingerprint density at radius 3 is 1.87 bits per heavy atom. The summed E-state index contributed by atoms with van der Waals surface area (Å²) in [6, 6.07) is 0. The Morgan fingerprint density at radius 1 is 0.870 bits per heavy atom. The lowest BCUT2D eigenvalue weighted by molar-refractivity contribution is -0.156. The fourth-order valence-corrected chi connectivity index (χ4v) is 2.53. The van der Waals surface area contributed by atoms with Crippen LogP contribution in [0.1, 0.15) is 13.8 Å². The first-order chi connectivity index (χ1) is 11.0. The summed E-state index contributed by atoms with van der Waals surface area (Å²) in [5.41, 5.74) is 0. The minimum Gasteiger partial charge on any atom is -0.378 e. The Morgan fingerprint density at radius 2 is 1.35 bits per heavy atom. The second kappa shape index (κ2) is 8.26. The molecule has 130 valence electrons. The molecule has 2 aliphatic rings. The van der Waals surface area contributed by atoms with Gasteiger partial charge in [-0.3, -0.25) is 14.4 Å². The molecule has 23 heavy (non-hydrogen) atoms. The molecule has 0 unspecified atom stereocenters. The molecule has 2 saturated heterocycles. The van der Waals surface area contributed by atoms with Gasteiger partial charge >= 0.3 is 11.8 Å². The summed E-state index contributed by atoms with van der Waals surface area (Å²) in [7, 11) is 0. The Kier molecular flexibility index (Phi) is 6.35. The van der Waals surface area contributed by atoms with Gasteiger partial charge < -0.3 is 24.2 Å². The minimum atomic E-state index is -0.488. The van der Waals surface area contributed by atoms with Gasteiger partial charge in [0.25, 0.3) is 0 Å². The molecule has 0 aliphatic carbocycles. The highest BCUT2D eigenvalue weighted by Gasteiger charge is 2.31. The van der Waals surface area contributed by atoms with Crippen LogP contribution >= 0.6 is 0 Å². The van der Waals surface area contributed by atoms with Crippen molar-refractivity contribution in [3.8, 4) is 0 Å². The molecule has 0 aromatic rings. The quantitative estimate of drug-likeness (QED) is 0.618. The van der Waals surface area contributed by atoms with Crippen LogP contribution in [0, 0.1) is 0 Å². The van der Waals surface area contributed by atoms with Crippen molar-refractivity contribution in [3.63, 3.8) is 0 Å². The lowest BCUT2D eigenvalue weighted by atomic mass is 10.3. The van der Waals surface area contributed by atoms with Gasteiger partial charge in [0.05, 0.1) is 19.3 Å². The summed E-state index contributed by atoms with van der Waals surface area (Å²) in [6.45, 7) is 7.27. The van der Waals surface area contributed by atoms with Gasteiger partial charge in [-0.15, -0.1) is 0 Å². The van der Waals surface area contributed by atoms with Crippen molar-refractivity contribution in [3.05, 3.63) is 0 Å². The predicted molar refractivity (Wildman–Crippen MR) is 81.6 cm³/mol. The first-order valence-corrected chi connectivity index (χ1v) is 8.04. The topological polar surface area (TPSA) is 79.4 Å². The van der Waals surface area contributed by atoms with Crippen molar-refractivity contribution in [1.29, 1.82) is 0 Å². The van der Waals surface area contributed by atoms with Gasteiger partial charge in [-0.2, -0.15) is 0 Å². The number of nitrogens with zero attached hydrogens (tertiary/aromatic N) is 3. The van der Waals surface area contributed by atoms with Gasteiger partial charge in [-0.05, 0) is 13.8 Å². The van der Waals surface area contributed by atoms with E-state index in [0.717, 1.165) is 0 Å². The number of hydrogen-bond acceptors (Lipinski definition) is 5. The molecule has 2 fully saturated rings. The van der Waals surface area contributed by atoms with Crippen LogP contribution in [-0.4, -0.2) is 97.6 Å². The zero-order valence-electron chi connectivity index (χ0n) is 13.8. The molecule has 0 bridgehead atoms. The summed E-state index contributed by atoms with van der Waals surface area (Å²) in [5.74, 6) is -1.04. The SMILES string of the molecule is CC(C)OCC(=O)N1CCN(C(=O)C(=O)N2CCOCC2)CC1. The van der Waals surface area contributed by atoms with E-state index in [1.165, 1.54) is 9.80 Å². The molecule has 0 aromatic heterocycles. The minimum absolute atomic E-state index is 0.00737. The van der Waals surface area contributed by atoms with Crippen LogP contribution in [0.3, 0.4) is 0 Å². The molecule has 0 radical (unpaired) electrons. The first-order valence-electron chi connectivity index (χ1n) is 8.04. The van der Waals surface area contributed by atoms with Gasteiger partial charge in [-0.25, -0.2) is 0 Å². The monoisotopic (exact) mass is 327 g/mol. The fourth-order valence-electron chi connectivity index (χ4n) is 2.53. The molecule has 0 spiro atoms. The number of carbonyl (C=O) groups is 3. The van der Waals surface area contributed by atoms with E-state index in [-0.39, 0.29) is 18.6 Å². The van der Waals surface area contributed by atoms with Crippen molar-refractivity contribution in [1.82, 2.24) is 14.7 Å². The number of hydrogen-bond donors (Lipinski definition) is 0. The second-order valence-corrected chi connectivity index (χ2v) is 5.94. The van der Waals surface area contributed by atoms with Crippen LogP contribution in [0.4, 0.5) is 0 Å². The van der Waals surface area contributed by atoms with E-state index >= 15 is 0 Å². The second-order valence-electron chi connectivity index (χ2n) is 5.94. The van der Waals surface area contributed by atoms with Crippen molar-refractivity contribution >= 4 is 17.7 Å². The Balaban J connectivity index is 1.78. The van der Waals surface area contributed by atoms with Gasteiger partial charge in [-0.1, -0.05) is 0 Å². The summed E-state index contributed by atoms with van der Waals surface area (Å²) >= 11 is 0. The normalized spacial score (nSPS) is 19.2. The number of rotatable bonds is 3. The van der Waals surface area contributed by atoms with Crippen LogP contribution in [0.5, 0.6) is 0 Å². The van der Waals surface area contributed by atoms with Crippen LogP contribution in [-0.2, 0) is 23.9 Å². The third kappa shape index (κ3) is 4.90. The highest BCUT2D eigenvalue weighted by molar-refractivity contribution is 6.34. The maximum Gasteiger partial charge on any atom is 0.312 e. The lowest BCUT2D eigenvalue weighted by Crippen LogP contribution is -2.56. The highest BCUT2D eigenvalue weighted by Crippen LogP contribution is 2.06. The molecule has 8 heteroatoms. The number of piperazine rings is 1. The summed E-state index contributed by atoms with van der Waals surface area (Å²) in [5, 5.41) is 0. The standard InChI is InChI=1S/C15H25N3O5/c1-12(2)23-11-13(19)16-3-5-17(6-4-16)14(20)15(21)18-7-9-22-10-8-18/h12H,3-11H2,1-2H3. The highest BCUT2D eigenvalue weighted by atomic mass is 16.5. The fraction of sp³-hybridized carbons (Fsp3) is 0.800. The van der Waals surface area contributed by atoms with E-state index < -0.39 is 11.8 Å². The van der Waals surface area contributed by atoms with E-state index in [2.05, 4.69) is 0 Å². The molecule has 0 atom stereocenters. The largest absolute Gasteiger partial charge is 0.378 e. The Labute approximate surface area is 136 Å².